The first-order valence-electron chi connectivity index (χ1n) is 6.17. The third-order valence-electron chi connectivity index (χ3n) is 3.16. The van der Waals surface area contributed by atoms with E-state index in [0.717, 1.165) is 0 Å². The molecule has 0 radical (unpaired) electrons. The normalized spacial score (nSPS) is 10.5. The van der Waals surface area contributed by atoms with Crippen LogP contribution in [-0.4, -0.2) is 14.5 Å². The molecule has 0 unspecified atom stereocenters. The predicted octanol–water partition coefficient (Wildman–Crippen LogP) is 1.85. The third kappa shape index (κ3) is 2.37. The summed E-state index contributed by atoms with van der Waals surface area (Å²) in [4.78, 5) is 20.4. The second-order valence-corrected chi connectivity index (χ2v) is 4.48. The second kappa shape index (κ2) is 5.13. The fourth-order valence-electron chi connectivity index (χ4n) is 2.11. The van der Waals surface area contributed by atoms with Gasteiger partial charge in [-0.3, -0.25) is 14.3 Å². The lowest BCUT2D eigenvalue weighted by Gasteiger charge is -2.08. The molecule has 102 valence electrons. The molecule has 0 spiro atoms. The van der Waals surface area contributed by atoms with Crippen molar-refractivity contribution < 1.29 is 4.39 Å². The number of nitriles is 1. The molecule has 0 saturated heterocycles. The van der Waals surface area contributed by atoms with Gasteiger partial charge in [0.2, 0.25) is 0 Å². The average molecular weight is 280 g/mol. The number of rotatable bonds is 2. The summed E-state index contributed by atoms with van der Waals surface area (Å²) < 4.78 is 14.7. The summed E-state index contributed by atoms with van der Waals surface area (Å²) in [5.41, 5.74) is 1.02. The lowest BCUT2D eigenvalue weighted by atomic mass is 10.1. The molecule has 0 fully saturated rings. The number of benzene rings is 1. The minimum absolute atomic E-state index is 0.0880. The molecule has 3 aromatic rings. The van der Waals surface area contributed by atoms with Crippen LogP contribution in [0.2, 0.25) is 0 Å². The number of fused-ring (bicyclic) bond motifs is 1. The van der Waals surface area contributed by atoms with Gasteiger partial charge in [0, 0.05) is 6.20 Å². The van der Waals surface area contributed by atoms with Crippen molar-refractivity contribution in [3.05, 3.63) is 70.3 Å². The van der Waals surface area contributed by atoms with E-state index in [1.165, 1.54) is 41.5 Å². The number of halogens is 1. The minimum atomic E-state index is -0.449. The highest BCUT2D eigenvalue weighted by molar-refractivity contribution is 5.75. The quantitative estimate of drug-likeness (QED) is 0.718. The molecule has 5 nitrogen and oxygen atoms in total. The lowest BCUT2D eigenvalue weighted by molar-refractivity contribution is 0.622. The van der Waals surface area contributed by atoms with Crippen molar-refractivity contribution in [2.24, 2.45) is 0 Å². The van der Waals surface area contributed by atoms with E-state index in [0.29, 0.717) is 22.0 Å². The molecular formula is C15H9FN4O. The molecule has 2 aromatic heterocycles. The van der Waals surface area contributed by atoms with Crippen LogP contribution in [0.25, 0.3) is 10.9 Å². The summed E-state index contributed by atoms with van der Waals surface area (Å²) in [5, 5.41) is 9.48. The zero-order valence-corrected chi connectivity index (χ0v) is 10.8. The van der Waals surface area contributed by atoms with Crippen molar-refractivity contribution in [2.75, 3.05) is 0 Å². The second-order valence-electron chi connectivity index (χ2n) is 4.48. The highest BCUT2D eigenvalue weighted by Crippen LogP contribution is 2.12. The van der Waals surface area contributed by atoms with E-state index in [2.05, 4.69) is 9.97 Å². The molecule has 1 aromatic carbocycles. The van der Waals surface area contributed by atoms with E-state index < -0.39 is 5.82 Å². The molecular weight excluding hydrogens is 271 g/mol. The van der Waals surface area contributed by atoms with Crippen LogP contribution in [0, 0.1) is 17.1 Å². The van der Waals surface area contributed by atoms with E-state index >= 15 is 0 Å². The fraction of sp³-hybridized carbons (Fsp3) is 0.0667. The Morgan fingerprint density at radius 3 is 3.00 bits per heavy atom. The molecule has 0 aliphatic carbocycles. The van der Waals surface area contributed by atoms with Crippen molar-refractivity contribution in [2.45, 2.75) is 6.54 Å². The molecule has 3 rings (SSSR count). The van der Waals surface area contributed by atoms with Gasteiger partial charge in [-0.1, -0.05) is 0 Å². The SMILES string of the molecule is N#Cc1ccc(F)cc1Cn1cnc2cnccc2c1=O. The monoisotopic (exact) mass is 280 g/mol. The highest BCUT2D eigenvalue weighted by atomic mass is 19.1. The van der Waals surface area contributed by atoms with Crippen LogP contribution >= 0.6 is 0 Å². The number of hydrogen-bond donors (Lipinski definition) is 0. The summed E-state index contributed by atoms with van der Waals surface area (Å²) in [6.45, 7) is 0.0880. The number of pyridine rings is 1. The van der Waals surface area contributed by atoms with E-state index in [4.69, 9.17) is 5.26 Å². The average Bonchev–Trinajstić information content (AvgIpc) is 2.51. The molecule has 0 saturated carbocycles. The maximum absolute atomic E-state index is 13.3. The molecule has 0 bridgehead atoms. The summed E-state index contributed by atoms with van der Waals surface area (Å²) in [6, 6.07) is 7.43. The number of hydrogen-bond acceptors (Lipinski definition) is 4. The van der Waals surface area contributed by atoms with Crippen molar-refractivity contribution in [1.29, 1.82) is 5.26 Å². The summed E-state index contributed by atoms with van der Waals surface area (Å²) >= 11 is 0. The molecule has 21 heavy (non-hydrogen) atoms. The summed E-state index contributed by atoms with van der Waals surface area (Å²) in [6.07, 6.45) is 4.39. The van der Waals surface area contributed by atoms with Crippen LogP contribution in [0.15, 0.2) is 47.8 Å². The van der Waals surface area contributed by atoms with Crippen molar-refractivity contribution in [3.63, 3.8) is 0 Å². The first-order chi connectivity index (χ1) is 10.2. The van der Waals surface area contributed by atoms with Crippen molar-refractivity contribution in [3.8, 4) is 6.07 Å². The molecule has 0 amide bonds. The Morgan fingerprint density at radius 2 is 2.19 bits per heavy atom. The molecule has 2 heterocycles. The Balaban J connectivity index is 2.11. The summed E-state index contributed by atoms with van der Waals surface area (Å²) in [7, 11) is 0. The van der Waals surface area contributed by atoms with Crippen LogP contribution in [0.1, 0.15) is 11.1 Å². The van der Waals surface area contributed by atoms with Crippen LogP contribution < -0.4 is 5.56 Å². The van der Waals surface area contributed by atoms with Crippen LogP contribution in [0.4, 0.5) is 4.39 Å². The van der Waals surface area contributed by atoms with Gasteiger partial charge in [-0.15, -0.1) is 0 Å². The van der Waals surface area contributed by atoms with Crippen molar-refractivity contribution >= 4 is 10.9 Å². The zero-order valence-electron chi connectivity index (χ0n) is 10.8. The maximum atomic E-state index is 13.3. The molecule has 0 N–H and O–H groups in total. The Bertz CT molecular complexity index is 927. The van der Waals surface area contributed by atoms with Gasteiger partial charge in [0.1, 0.15) is 5.82 Å². The highest BCUT2D eigenvalue weighted by Gasteiger charge is 2.08. The van der Waals surface area contributed by atoms with Crippen LogP contribution in [0.5, 0.6) is 0 Å². The van der Waals surface area contributed by atoms with E-state index in [1.54, 1.807) is 6.07 Å². The first-order valence-corrected chi connectivity index (χ1v) is 6.17. The number of nitrogens with zero attached hydrogens (tertiary/aromatic N) is 4. The largest absolute Gasteiger partial charge is 0.294 e. The maximum Gasteiger partial charge on any atom is 0.261 e. The molecule has 0 aliphatic rings. The topological polar surface area (TPSA) is 71.6 Å². The zero-order chi connectivity index (χ0) is 14.8. The van der Waals surface area contributed by atoms with Crippen LogP contribution in [-0.2, 0) is 6.54 Å². The smallest absolute Gasteiger partial charge is 0.261 e. The van der Waals surface area contributed by atoms with E-state index in [1.807, 2.05) is 6.07 Å². The fourth-order valence-corrected chi connectivity index (χ4v) is 2.11. The standard InChI is InChI=1S/C15H9FN4O/c16-12-2-1-10(6-17)11(5-12)8-20-9-19-14-7-18-4-3-13(14)15(20)21/h1-5,7,9H,8H2. The Morgan fingerprint density at radius 1 is 1.33 bits per heavy atom. The molecule has 6 heteroatoms. The van der Waals surface area contributed by atoms with Gasteiger partial charge in [0.25, 0.3) is 5.56 Å². The van der Waals surface area contributed by atoms with E-state index in [9.17, 15) is 9.18 Å². The van der Waals surface area contributed by atoms with Gasteiger partial charge >= 0.3 is 0 Å². The first kappa shape index (κ1) is 12.9. The van der Waals surface area contributed by atoms with Gasteiger partial charge in [0.15, 0.2) is 0 Å². The Hall–Kier alpha value is -3.07. The van der Waals surface area contributed by atoms with Gasteiger partial charge in [-0.25, -0.2) is 9.37 Å². The Kier molecular flexibility index (Phi) is 3.16. The van der Waals surface area contributed by atoms with Crippen LogP contribution in [0.3, 0.4) is 0 Å². The minimum Gasteiger partial charge on any atom is -0.294 e. The van der Waals surface area contributed by atoms with Gasteiger partial charge in [0.05, 0.1) is 41.6 Å². The molecule has 0 aliphatic heterocycles. The Labute approximate surface area is 118 Å². The summed E-state index contributed by atoms with van der Waals surface area (Å²) in [5.74, 6) is -0.449. The van der Waals surface area contributed by atoms with Crippen molar-refractivity contribution in [1.82, 2.24) is 14.5 Å². The van der Waals surface area contributed by atoms with Gasteiger partial charge in [-0.05, 0) is 29.8 Å². The van der Waals surface area contributed by atoms with E-state index in [-0.39, 0.29) is 12.1 Å². The molecule has 0 atom stereocenters. The third-order valence-corrected chi connectivity index (χ3v) is 3.16. The van der Waals surface area contributed by atoms with Gasteiger partial charge in [-0.2, -0.15) is 5.26 Å². The number of aromatic nitrogens is 3. The lowest BCUT2D eigenvalue weighted by Crippen LogP contribution is -2.21. The van der Waals surface area contributed by atoms with Gasteiger partial charge < -0.3 is 0 Å². The predicted molar refractivity (Wildman–Crippen MR) is 74.0 cm³/mol.